The number of rotatable bonds is 5. The number of hydrogen-bond donors (Lipinski definition) is 1. The fourth-order valence-electron chi connectivity index (χ4n) is 1.37. The maximum absolute atomic E-state index is 12.7. The molecule has 2 N–H and O–H groups in total. The first-order chi connectivity index (χ1) is 8.70. The summed E-state index contributed by atoms with van der Waals surface area (Å²) in [7, 11) is 0. The summed E-state index contributed by atoms with van der Waals surface area (Å²) in [5.41, 5.74) is 6.37. The molecular formula is C11H13FN4OS. The van der Waals surface area contributed by atoms with E-state index in [-0.39, 0.29) is 6.04 Å². The van der Waals surface area contributed by atoms with E-state index >= 15 is 0 Å². The van der Waals surface area contributed by atoms with Gasteiger partial charge in [0.25, 0.3) is 0 Å². The summed E-state index contributed by atoms with van der Waals surface area (Å²) in [6, 6.07) is 2.52. The van der Waals surface area contributed by atoms with E-state index in [2.05, 4.69) is 15.1 Å². The zero-order valence-corrected chi connectivity index (χ0v) is 10.7. The van der Waals surface area contributed by atoms with Gasteiger partial charge in [0.1, 0.15) is 11.5 Å². The average Bonchev–Trinajstić information content (AvgIpc) is 2.86. The summed E-state index contributed by atoms with van der Waals surface area (Å²) in [5, 5.41) is 3.79. The molecule has 0 amide bonds. The Balaban J connectivity index is 2.12. The molecule has 2 rings (SSSR count). The van der Waals surface area contributed by atoms with E-state index in [0.29, 0.717) is 17.4 Å². The van der Waals surface area contributed by atoms with Gasteiger partial charge in [-0.25, -0.2) is 9.37 Å². The quantitative estimate of drug-likeness (QED) is 0.894. The fourth-order valence-corrected chi connectivity index (χ4v) is 1.86. The minimum absolute atomic E-state index is 0.279. The number of halogens is 1. The minimum atomic E-state index is -0.404. The number of aromatic nitrogens is 3. The normalized spacial score (nSPS) is 12.6. The summed E-state index contributed by atoms with van der Waals surface area (Å²) in [5.74, 6) is 1.22. The molecule has 0 saturated heterocycles. The molecule has 0 aromatic carbocycles. The summed E-state index contributed by atoms with van der Waals surface area (Å²) in [6.07, 6.45) is 3.88. The second-order valence-corrected chi connectivity index (χ2v) is 4.69. The third-order valence-electron chi connectivity index (χ3n) is 2.35. The van der Waals surface area contributed by atoms with E-state index in [1.807, 2.05) is 6.26 Å². The monoisotopic (exact) mass is 268 g/mol. The molecular weight excluding hydrogens is 255 g/mol. The summed E-state index contributed by atoms with van der Waals surface area (Å²) >= 11 is 1.71. The highest BCUT2D eigenvalue weighted by molar-refractivity contribution is 7.98. The molecule has 0 fully saturated rings. The lowest BCUT2D eigenvalue weighted by Gasteiger charge is -2.03. The van der Waals surface area contributed by atoms with E-state index in [9.17, 15) is 4.39 Å². The summed E-state index contributed by atoms with van der Waals surface area (Å²) < 4.78 is 17.8. The lowest BCUT2D eigenvalue weighted by molar-refractivity contribution is 0.353. The van der Waals surface area contributed by atoms with Crippen LogP contribution >= 0.6 is 11.8 Å². The van der Waals surface area contributed by atoms with Crippen molar-refractivity contribution in [3.8, 4) is 11.5 Å². The van der Waals surface area contributed by atoms with Gasteiger partial charge >= 0.3 is 0 Å². The van der Waals surface area contributed by atoms with Gasteiger partial charge in [0, 0.05) is 0 Å². The zero-order valence-electron chi connectivity index (χ0n) is 9.84. The predicted octanol–water partition coefficient (Wildman–Crippen LogP) is 2.02. The maximum atomic E-state index is 12.7. The van der Waals surface area contributed by atoms with E-state index in [1.165, 1.54) is 12.1 Å². The van der Waals surface area contributed by atoms with Crippen LogP contribution in [0.4, 0.5) is 4.39 Å². The molecule has 2 heterocycles. The molecule has 0 saturated carbocycles. The van der Waals surface area contributed by atoms with Crippen molar-refractivity contribution in [2.45, 2.75) is 12.5 Å². The van der Waals surface area contributed by atoms with Crippen molar-refractivity contribution >= 4 is 11.8 Å². The van der Waals surface area contributed by atoms with Crippen LogP contribution in [0.25, 0.3) is 11.5 Å². The van der Waals surface area contributed by atoms with E-state index in [4.69, 9.17) is 10.3 Å². The molecule has 1 unspecified atom stereocenters. The number of nitrogens with two attached hydrogens (primary N) is 1. The first kappa shape index (κ1) is 13.0. The third-order valence-corrected chi connectivity index (χ3v) is 2.99. The van der Waals surface area contributed by atoms with Crippen molar-refractivity contribution in [1.29, 1.82) is 0 Å². The Hall–Kier alpha value is -1.47. The van der Waals surface area contributed by atoms with E-state index in [0.717, 1.165) is 18.4 Å². The third kappa shape index (κ3) is 3.05. The molecule has 18 heavy (non-hydrogen) atoms. The Morgan fingerprint density at radius 3 is 3.00 bits per heavy atom. The van der Waals surface area contributed by atoms with Gasteiger partial charge in [-0.05, 0) is 30.6 Å². The molecule has 7 heteroatoms. The zero-order chi connectivity index (χ0) is 13.0. The second kappa shape index (κ2) is 5.92. The van der Waals surface area contributed by atoms with Crippen LogP contribution in [0.2, 0.25) is 0 Å². The Labute approximate surface area is 108 Å². The van der Waals surface area contributed by atoms with Gasteiger partial charge in [-0.2, -0.15) is 16.7 Å². The van der Waals surface area contributed by atoms with Crippen molar-refractivity contribution in [2.75, 3.05) is 12.0 Å². The Morgan fingerprint density at radius 1 is 1.50 bits per heavy atom. The number of nitrogens with zero attached hydrogens (tertiary/aromatic N) is 3. The molecule has 0 bridgehead atoms. The highest BCUT2D eigenvalue weighted by atomic mass is 32.2. The largest absolute Gasteiger partial charge is 0.337 e. The molecule has 1 atom stereocenters. The fraction of sp³-hybridized carbons (Fsp3) is 0.364. The van der Waals surface area contributed by atoms with Crippen molar-refractivity contribution in [2.24, 2.45) is 5.73 Å². The average molecular weight is 268 g/mol. The van der Waals surface area contributed by atoms with Crippen LogP contribution in [-0.2, 0) is 0 Å². The van der Waals surface area contributed by atoms with E-state index < -0.39 is 5.82 Å². The molecule has 0 aliphatic rings. The van der Waals surface area contributed by atoms with Crippen LogP contribution in [0.15, 0.2) is 22.9 Å². The Morgan fingerprint density at radius 2 is 2.33 bits per heavy atom. The lowest BCUT2D eigenvalue weighted by Crippen LogP contribution is -2.11. The van der Waals surface area contributed by atoms with Gasteiger partial charge in [-0.15, -0.1) is 0 Å². The topological polar surface area (TPSA) is 77.8 Å². The number of hydrogen-bond acceptors (Lipinski definition) is 6. The highest BCUT2D eigenvalue weighted by Crippen LogP contribution is 2.18. The molecule has 5 nitrogen and oxygen atoms in total. The SMILES string of the molecule is CSCCC(N)c1nc(-c2ccc(F)cn2)no1. The van der Waals surface area contributed by atoms with Crippen LogP contribution in [0.5, 0.6) is 0 Å². The van der Waals surface area contributed by atoms with Crippen LogP contribution in [0.3, 0.4) is 0 Å². The van der Waals surface area contributed by atoms with Gasteiger partial charge in [-0.3, -0.25) is 0 Å². The molecule has 0 aliphatic carbocycles. The first-order valence-electron chi connectivity index (χ1n) is 5.40. The Bertz CT molecular complexity index is 502. The van der Waals surface area contributed by atoms with Crippen molar-refractivity contribution in [3.63, 3.8) is 0 Å². The summed E-state index contributed by atoms with van der Waals surface area (Å²) in [4.78, 5) is 8.04. The van der Waals surface area contributed by atoms with Gasteiger partial charge in [-0.1, -0.05) is 5.16 Å². The van der Waals surface area contributed by atoms with Crippen LogP contribution in [0, 0.1) is 5.82 Å². The second-order valence-electron chi connectivity index (χ2n) is 3.71. The standard InChI is InChI=1S/C11H13FN4OS/c1-18-5-4-8(13)11-15-10(16-17-11)9-3-2-7(12)6-14-9/h2-3,6,8H,4-5,13H2,1H3. The minimum Gasteiger partial charge on any atom is -0.337 e. The predicted molar refractivity (Wildman–Crippen MR) is 67.4 cm³/mol. The highest BCUT2D eigenvalue weighted by Gasteiger charge is 2.15. The van der Waals surface area contributed by atoms with Gasteiger partial charge in [0.2, 0.25) is 11.7 Å². The maximum Gasteiger partial charge on any atom is 0.243 e. The van der Waals surface area contributed by atoms with Crippen molar-refractivity contribution < 1.29 is 8.91 Å². The van der Waals surface area contributed by atoms with E-state index in [1.54, 1.807) is 11.8 Å². The van der Waals surface area contributed by atoms with Gasteiger partial charge in [0.05, 0.1) is 12.2 Å². The molecule has 0 radical (unpaired) electrons. The number of pyridine rings is 1. The summed E-state index contributed by atoms with van der Waals surface area (Å²) in [6.45, 7) is 0. The molecule has 0 spiro atoms. The molecule has 2 aromatic rings. The number of thioether (sulfide) groups is 1. The molecule has 0 aliphatic heterocycles. The smallest absolute Gasteiger partial charge is 0.243 e. The molecule has 96 valence electrons. The van der Waals surface area contributed by atoms with Crippen LogP contribution in [0.1, 0.15) is 18.4 Å². The van der Waals surface area contributed by atoms with Crippen molar-refractivity contribution in [3.05, 3.63) is 30.0 Å². The van der Waals surface area contributed by atoms with Crippen LogP contribution < -0.4 is 5.73 Å². The first-order valence-corrected chi connectivity index (χ1v) is 6.80. The van der Waals surface area contributed by atoms with Gasteiger partial charge in [0.15, 0.2) is 0 Å². The van der Waals surface area contributed by atoms with Crippen molar-refractivity contribution in [1.82, 2.24) is 15.1 Å². The lowest BCUT2D eigenvalue weighted by atomic mass is 10.2. The van der Waals surface area contributed by atoms with Gasteiger partial charge < -0.3 is 10.3 Å². The Kier molecular flexibility index (Phi) is 4.27. The molecule has 2 aromatic heterocycles. The van der Waals surface area contributed by atoms with Crippen LogP contribution in [-0.4, -0.2) is 27.1 Å².